The van der Waals surface area contributed by atoms with Gasteiger partial charge in [0.1, 0.15) is 0 Å². The van der Waals surface area contributed by atoms with Crippen molar-refractivity contribution in [2.45, 2.75) is 6.54 Å². The van der Waals surface area contributed by atoms with Crippen molar-refractivity contribution < 1.29 is 0 Å². The Morgan fingerprint density at radius 3 is 3.00 bits per heavy atom. The highest BCUT2D eigenvalue weighted by Crippen LogP contribution is 2.14. The highest BCUT2D eigenvalue weighted by molar-refractivity contribution is 5.81. The van der Waals surface area contributed by atoms with E-state index in [4.69, 9.17) is 0 Å². The van der Waals surface area contributed by atoms with E-state index in [1.165, 1.54) is 10.9 Å². The molecule has 0 aliphatic carbocycles. The minimum Gasteiger partial charge on any atom is -0.316 e. The van der Waals surface area contributed by atoms with Crippen molar-refractivity contribution in [2.75, 3.05) is 7.05 Å². The molecule has 0 spiro atoms. The van der Waals surface area contributed by atoms with Crippen LogP contribution in [0.4, 0.5) is 0 Å². The maximum atomic E-state index is 4.05. The van der Waals surface area contributed by atoms with Crippen LogP contribution in [0, 0.1) is 0 Å². The molecule has 2 aromatic rings. The molecule has 0 aliphatic heterocycles. The Balaban J connectivity index is 2.61. The number of hydrogen-bond donors (Lipinski definition) is 1. The third-order valence-electron chi connectivity index (χ3n) is 2.00. The van der Waals surface area contributed by atoms with Gasteiger partial charge in [0, 0.05) is 11.9 Å². The van der Waals surface area contributed by atoms with E-state index in [0.29, 0.717) is 0 Å². The molecule has 0 fully saturated rings. The smallest absolute Gasteiger partial charge is 0.0932 e. The number of hydrogen-bond acceptors (Lipinski definition) is 3. The number of benzene rings is 1. The van der Waals surface area contributed by atoms with E-state index in [0.717, 1.165) is 12.1 Å². The number of nitrogens with one attached hydrogen (secondary N) is 1. The standard InChI is InChI=1S/C10H11N3/c1-11-6-8-7-12-13-10-5-3-2-4-9(8)10/h2-5,7,11H,6H2,1H3. The van der Waals surface area contributed by atoms with E-state index < -0.39 is 0 Å². The topological polar surface area (TPSA) is 37.8 Å². The zero-order chi connectivity index (χ0) is 9.10. The number of rotatable bonds is 2. The van der Waals surface area contributed by atoms with Gasteiger partial charge in [-0.2, -0.15) is 10.2 Å². The zero-order valence-corrected chi connectivity index (χ0v) is 7.49. The van der Waals surface area contributed by atoms with Gasteiger partial charge in [-0.25, -0.2) is 0 Å². The van der Waals surface area contributed by atoms with Gasteiger partial charge in [-0.05, 0) is 18.7 Å². The first-order valence-corrected chi connectivity index (χ1v) is 4.25. The van der Waals surface area contributed by atoms with E-state index in [9.17, 15) is 0 Å². The molecule has 0 unspecified atom stereocenters. The van der Waals surface area contributed by atoms with Crippen LogP contribution in [0.1, 0.15) is 5.56 Å². The van der Waals surface area contributed by atoms with Crippen LogP contribution in [0.25, 0.3) is 10.9 Å². The van der Waals surface area contributed by atoms with Gasteiger partial charge in [-0.3, -0.25) is 0 Å². The number of nitrogens with zero attached hydrogens (tertiary/aromatic N) is 2. The predicted molar refractivity (Wildman–Crippen MR) is 52.3 cm³/mol. The Morgan fingerprint density at radius 2 is 2.15 bits per heavy atom. The Bertz CT molecular complexity index is 406. The normalized spacial score (nSPS) is 10.5. The Morgan fingerprint density at radius 1 is 1.31 bits per heavy atom. The molecule has 0 amide bonds. The monoisotopic (exact) mass is 173 g/mol. The summed E-state index contributed by atoms with van der Waals surface area (Å²) in [5, 5.41) is 12.3. The highest BCUT2D eigenvalue weighted by atomic mass is 15.1. The summed E-state index contributed by atoms with van der Waals surface area (Å²) in [6.45, 7) is 0.829. The van der Waals surface area contributed by atoms with Crippen molar-refractivity contribution in [2.24, 2.45) is 0 Å². The molecule has 0 radical (unpaired) electrons. The zero-order valence-electron chi connectivity index (χ0n) is 7.49. The fourth-order valence-corrected chi connectivity index (χ4v) is 1.39. The Labute approximate surface area is 76.8 Å². The van der Waals surface area contributed by atoms with Gasteiger partial charge in [0.15, 0.2) is 0 Å². The molecular weight excluding hydrogens is 162 g/mol. The summed E-state index contributed by atoms with van der Waals surface area (Å²) < 4.78 is 0. The fourth-order valence-electron chi connectivity index (χ4n) is 1.39. The molecular formula is C10H11N3. The summed E-state index contributed by atoms with van der Waals surface area (Å²) in [6.07, 6.45) is 1.80. The maximum absolute atomic E-state index is 4.05. The number of aromatic nitrogens is 2. The maximum Gasteiger partial charge on any atom is 0.0932 e. The SMILES string of the molecule is CNCc1cnnc2ccccc12. The third-order valence-corrected chi connectivity index (χ3v) is 2.00. The largest absolute Gasteiger partial charge is 0.316 e. The molecule has 3 heteroatoms. The molecule has 0 bridgehead atoms. The quantitative estimate of drug-likeness (QED) is 0.745. The second-order valence-corrected chi connectivity index (χ2v) is 2.92. The second-order valence-electron chi connectivity index (χ2n) is 2.92. The van der Waals surface area contributed by atoms with E-state index in [1.807, 2.05) is 25.2 Å². The molecule has 3 nitrogen and oxygen atoms in total. The molecule has 1 N–H and O–H groups in total. The molecule has 0 saturated heterocycles. The van der Waals surface area contributed by atoms with Crippen LogP contribution in [0.5, 0.6) is 0 Å². The summed E-state index contributed by atoms with van der Waals surface area (Å²) >= 11 is 0. The van der Waals surface area contributed by atoms with Gasteiger partial charge < -0.3 is 5.32 Å². The van der Waals surface area contributed by atoms with Gasteiger partial charge in [-0.15, -0.1) is 0 Å². The van der Waals surface area contributed by atoms with E-state index >= 15 is 0 Å². The van der Waals surface area contributed by atoms with E-state index in [-0.39, 0.29) is 0 Å². The van der Waals surface area contributed by atoms with Crippen LogP contribution < -0.4 is 5.32 Å². The third kappa shape index (κ3) is 1.51. The first-order valence-electron chi connectivity index (χ1n) is 4.25. The van der Waals surface area contributed by atoms with Crippen LogP contribution in [-0.4, -0.2) is 17.2 Å². The minimum atomic E-state index is 0.829. The molecule has 1 heterocycles. The molecule has 0 aliphatic rings. The highest BCUT2D eigenvalue weighted by Gasteiger charge is 1.99. The molecule has 66 valence electrons. The van der Waals surface area contributed by atoms with E-state index in [1.54, 1.807) is 6.20 Å². The lowest BCUT2D eigenvalue weighted by Gasteiger charge is -2.02. The first kappa shape index (κ1) is 8.13. The predicted octanol–water partition coefficient (Wildman–Crippen LogP) is 1.35. The van der Waals surface area contributed by atoms with Gasteiger partial charge in [0.25, 0.3) is 0 Å². The van der Waals surface area contributed by atoms with Gasteiger partial charge >= 0.3 is 0 Å². The van der Waals surface area contributed by atoms with Gasteiger partial charge in [0.2, 0.25) is 0 Å². The summed E-state index contributed by atoms with van der Waals surface area (Å²) in [6, 6.07) is 8.03. The van der Waals surface area contributed by atoms with Gasteiger partial charge in [0.05, 0.1) is 11.7 Å². The molecule has 13 heavy (non-hydrogen) atoms. The average molecular weight is 173 g/mol. The lowest BCUT2D eigenvalue weighted by atomic mass is 10.1. The van der Waals surface area contributed by atoms with Crippen LogP contribution >= 0.6 is 0 Å². The number of fused-ring (bicyclic) bond motifs is 1. The van der Waals surface area contributed by atoms with Crippen molar-refractivity contribution in [1.29, 1.82) is 0 Å². The molecule has 0 atom stereocenters. The summed E-state index contributed by atoms with van der Waals surface area (Å²) in [5.41, 5.74) is 2.14. The van der Waals surface area contributed by atoms with Crippen LogP contribution in [0.3, 0.4) is 0 Å². The molecule has 2 rings (SSSR count). The average Bonchev–Trinajstić information content (AvgIpc) is 2.19. The Hall–Kier alpha value is -1.48. The fraction of sp³-hybridized carbons (Fsp3) is 0.200. The lowest BCUT2D eigenvalue weighted by molar-refractivity contribution is 0.814. The van der Waals surface area contributed by atoms with Crippen molar-refractivity contribution >= 4 is 10.9 Å². The van der Waals surface area contributed by atoms with Crippen LogP contribution in [0.15, 0.2) is 30.5 Å². The summed E-state index contributed by atoms with van der Waals surface area (Å²) in [4.78, 5) is 0. The summed E-state index contributed by atoms with van der Waals surface area (Å²) in [7, 11) is 1.93. The van der Waals surface area contributed by atoms with Crippen molar-refractivity contribution in [3.63, 3.8) is 0 Å². The lowest BCUT2D eigenvalue weighted by Crippen LogP contribution is -2.06. The second kappa shape index (κ2) is 3.49. The van der Waals surface area contributed by atoms with Crippen molar-refractivity contribution in [1.82, 2.24) is 15.5 Å². The van der Waals surface area contributed by atoms with Crippen molar-refractivity contribution in [3.05, 3.63) is 36.0 Å². The first-order chi connectivity index (χ1) is 6.42. The van der Waals surface area contributed by atoms with Crippen molar-refractivity contribution in [3.8, 4) is 0 Å². The van der Waals surface area contributed by atoms with E-state index in [2.05, 4.69) is 21.6 Å². The van der Waals surface area contributed by atoms with Crippen LogP contribution in [0.2, 0.25) is 0 Å². The summed E-state index contributed by atoms with van der Waals surface area (Å²) in [5.74, 6) is 0. The molecule has 1 aromatic heterocycles. The van der Waals surface area contributed by atoms with Crippen LogP contribution in [-0.2, 0) is 6.54 Å². The molecule has 1 aromatic carbocycles. The Kier molecular flexibility index (Phi) is 2.19. The minimum absolute atomic E-state index is 0.829. The molecule has 0 saturated carbocycles. The van der Waals surface area contributed by atoms with Gasteiger partial charge in [-0.1, -0.05) is 18.2 Å².